The molecule has 4 N–H and O–H groups in total. The third kappa shape index (κ3) is 6.54. The Kier molecular flexibility index (Phi) is 7.94. The van der Waals surface area contributed by atoms with Gasteiger partial charge in [0.15, 0.2) is 4.96 Å². The Morgan fingerprint density at radius 2 is 1.71 bits per heavy atom. The standard InChI is InChI=1S/C33H31N7O3S2/c41-29(21-23-5-2-1-3-6-23)35-26-8-4-7-24(22-26)30-31(40-15-18-44-33(40)38-30)28-13-14-34-32(37-28)36-25-9-11-27(12-10-25)39-16-19-45(42,43)20-17-39/h1-15,18,22,42-43H,16-17,19-21H2,(H,35,41)(H,34,36,37). The summed E-state index contributed by atoms with van der Waals surface area (Å²) in [5, 5.41) is 8.32. The molecule has 10 nitrogen and oxygen atoms in total. The SMILES string of the molecule is O=C(Cc1ccccc1)Nc1cccc(-c2nc3sccn3c2-c2ccnc(Nc3ccc(N4CCS(O)(O)CC4)cc3)n2)c1. The molecule has 1 fully saturated rings. The number of aromatic nitrogens is 4. The fourth-order valence-corrected chi connectivity index (χ4v) is 7.33. The van der Waals surface area contributed by atoms with Crippen molar-refractivity contribution >= 4 is 55.8 Å². The second-order valence-electron chi connectivity index (χ2n) is 10.8. The highest BCUT2D eigenvalue weighted by Crippen LogP contribution is 2.41. The molecule has 6 aromatic rings. The molecule has 12 heteroatoms. The summed E-state index contributed by atoms with van der Waals surface area (Å²) in [6, 6.07) is 27.2. The molecule has 3 aromatic heterocycles. The van der Waals surface area contributed by atoms with Gasteiger partial charge in [0.25, 0.3) is 0 Å². The maximum Gasteiger partial charge on any atom is 0.228 e. The van der Waals surface area contributed by atoms with Crippen molar-refractivity contribution in [3.63, 3.8) is 0 Å². The maximum atomic E-state index is 12.8. The van der Waals surface area contributed by atoms with Crippen LogP contribution in [-0.4, -0.2) is 59.0 Å². The Hall–Kier alpha value is -4.75. The van der Waals surface area contributed by atoms with E-state index in [1.165, 1.54) is 0 Å². The first kappa shape index (κ1) is 29.0. The molecule has 228 valence electrons. The number of anilines is 4. The minimum Gasteiger partial charge on any atom is -0.368 e. The van der Waals surface area contributed by atoms with Gasteiger partial charge >= 0.3 is 0 Å². The topological polar surface area (TPSA) is 128 Å². The van der Waals surface area contributed by atoms with Crippen LogP contribution >= 0.6 is 21.9 Å². The van der Waals surface area contributed by atoms with Crippen LogP contribution in [0.1, 0.15) is 5.56 Å². The van der Waals surface area contributed by atoms with Gasteiger partial charge in [-0.2, -0.15) is 10.6 Å². The Morgan fingerprint density at radius 3 is 2.51 bits per heavy atom. The van der Waals surface area contributed by atoms with E-state index in [0.29, 0.717) is 48.3 Å². The molecule has 1 amide bonds. The first-order chi connectivity index (χ1) is 21.9. The predicted molar refractivity (Wildman–Crippen MR) is 183 cm³/mol. The summed E-state index contributed by atoms with van der Waals surface area (Å²) in [4.78, 5) is 30.0. The van der Waals surface area contributed by atoms with Crippen molar-refractivity contribution in [2.75, 3.05) is 40.1 Å². The van der Waals surface area contributed by atoms with E-state index in [1.54, 1.807) is 17.5 Å². The van der Waals surface area contributed by atoms with Gasteiger partial charge in [-0.25, -0.2) is 15.0 Å². The maximum absolute atomic E-state index is 12.8. The summed E-state index contributed by atoms with van der Waals surface area (Å²) in [5.74, 6) is 1.16. The van der Waals surface area contributed by atoms with Gasteiger partial charge in [0.1, 0.15) is 5.69 Å². The Morgan fingerprint density at radius 1 is 0.911 bits per heavy atom. The normalized spacial score (nSPS) is 15.1. The van der Waals surface area contributed by atoms with Gasteiger partial charge in [0.2, 0.25) is 11.9 Å². The fourth-order valence-electron chi connectivity index (χ4n) is 5.38. The highest BCUT2D eigenvalue weighted by Gasteiger charge is 2.22. The molecule has 1 aliphatic heterocycles. The molecule has 7 rings (SSSR count). The van der Waals surface area contributed by atoms with E-state index in [-0.39, 0.29) is 5.91 Å². The van der Waals surface area contributed by atoms with E-state index in [4.69, 9.17) is 9.97 Å². The van der Waals surface area contributed by atoms with Crippen molar-refractivity contribution in [1.82, 2.24) is 19.4 Å². The quantitative estimate of drug-likeness (QED) is 0.140. The van der Waals surface area contributed by atoms with E-state index in [1.807, 2.05) is 101 Å². The van der Waals surface area contributed by atoms with Crippen molar-refractivity contribution in [2.24, 2.45) is 0 Å². The van der Waals surface area contributed by atoms with Crippen LogP contribution in [-0.2, 0) is 11.2 Å². The molecule has 0 radical (unpaired) electrons. The molecule has 3 aromatic carbocycles. The van der Waals surface area contributed by atoms with Crippen LogP contribution in [0.4, 0.5) is 23.0 Å². The first-order valence-electron chi connectivity index (χ1n) is 14.5. The largest absolute Gasteiger partial charge is 0.368 e. The van der Waals surface area contributed by atoms with Crippen molar-refractivity contribution in [1.29, 1.82) is 0 Å². The summed E-state index contributed by atoms with van der Waals surface area (Å²) in [6.07, 6.45) is 4.00. The summed E-state index contributed by atoms with van der Waals surface area (Å²) in [6.45, 7) is 1.24. The summed E-state index contributed by atoms with van der Waals surface area (Å²) >= 11 is 1.54. The second-order valence-corrected chi connectivity index (χ2v) is 14.1. The lowest BCUT2D eigenvalue weighted by molar-refractivity contribution is -0.115. The smallest absolute Gasteiger partial charge is 0.228 e. The average Bonchev–Trinajstić information content (AvgIpc) is 3.64. The van der Waals surface area contributed by atoms with E-state index in [9.17, 15) is 13.9 Å². The third-order valence-electron chi connectivity index (χ3n) is 7.65. The van der Waals surface area contributed by atoms with E-state index >= 15 is 0 Å². The number of nitrogens with zero attached hydrogens (tertiary/aromatic N) is 5. The average molecular weight is 638 g/mol. The van der Waals surface area contributed by atoms with Gasteiger partial charge in [-0.1, -0.05) is 42.5 Å². The van der Waals surface area contributed by atoms with Crippen LogP contribution in [0, 0.1) is 0 Å². The highest BCUT2D eigenvalue weighted by atomic mass is 32.3. The van der Waals surface area contributed by atoms with Crippen LogP contribution in [0.25, 0.3) is 27.6 Å². The molecule has 4 heterocycles. The highest BCUT2D eigenvalue weighted by molar-refractivity contribution is 8.24. The van der Waals surface area contributed by atoms with E-state index in [0.717, 1.165) is 38.9 Å². The van der Waals surface area contributed by atoms with Crippen molar-refractivity contribution in [3.8, 4) is 22.6 Å². The fraction of sp³-hybridized carbons (Fsp3) is 0.152. The Bertz CT molecular complexity index is 1950. The van der Waals surface area contributed by atoms with Gasteiger partial charge in [-0.3, -0.25) is 18.3 Å². The van der Waals surface area contributed by atoms with Crippen LogP contribution in [0.15, 0.2) is 103 Å². The number of carbonyl (C=O) groups excluding carboxylic acids is 1. The van der Waals surface area contributed by atoms with Gasteiger partial charge in [-0.15, -0.1) is 11.3 Å². The van der Waals surface area contributed by atoms with Crippen molar-refractivity contribution in [2.45, 2.75) is 6.42 Å². The monoisotopic (exact) mass is 637 g/mol. The molecular formula is C33H31N7O3S2. The molecular weight excluding hydrogens is 607 g/mol. The van der Waals surface area contributed by atoms with E-state index in [2.05, 4.69) is 20.5 Å². The van der Waals surface area contributed by atoms with Crippen LogP contribution in [0.2, 0.25) is 0 Å². The molecule has 45 heavy (non-hydrogen) atoms. The number of thiazole rings is 1. The Balaban J connectivity index is 1.12. The van der Waals surface area contributed by atoms with Gasteiger partial charge in [0, 0.05) is 53.5 Å². The number of benzene rings is 3. The van der Waals surface area contributed by atoms with Crippen LogP contribution in [0.5, 0.6) is 0 Å². The molecule has 0 saturated carbocycles. The zero-order chi connectivity index (χ0) is 30.8. The second kappa shape index (κ2) is 12.3. The van der Waals surface area contributed by atoms with E-state index < -0.39 is 10.6 Å². The van der Waals surface area contributed by atoms with Crippen molar-refractivity contribution in [3.05, 3.63) is 108 Å². The lowest BCUT2D eigenvalue weighted by atomic mass is 10.1. The number of imidazole rings is 1. The first-order valence-corrected chi connectivity index (χ1v) is 17.3. The molecule has 0 spiro atoms. The molecule has 0 bridgehead atoms. The minimum absolute atomic E-state index is 0.0850. The van der Waals surface area contributed by atoms with Gasteiger partial charge < -0.3 is 15.5 Å². The summed E-state index contributed by atoms with van der Waals surface area (Å²) < 4.78 is 21.9. The predicted octanol–water partition coefficient (Wildman–Crippen LogP) is 7.02. The summed E-state index contributed by atoms with van der Waals surface area (Å²) in [7, 11) is -2.44. The minimum atomic E-state index is -2.44. The molecule has 0 aliphatic carbocycles. The number of carbonyl (C=O) groups is 1. The zero-order valence-corrected chi connectivity index (χ0v) is 25.8. The van der Waals surface area contributed by atoms with Gasteiger partial charge in [-0.05, 0) is 48.0 Å². The lowest BCUT2D eigenvalue weighted by Gasteiger charge is -2.41. The number of fused-ring (bicyclic) bond motifs is 1. The molecule has 0 unspecified atom stereocenters. The third-order valence-corrected chi connectivity index (χ3v) is 10.1. The number of rotatable bonds is 8. The van der Waals surface area contributed by atoms with Crippen LogP contribution < -0.4 is 15.5 Å². The number of nitrogens with one attached hydrogen (secondary N) is 2. The number of hydrogen-bond acceptors (Lipinski definition) is 9. The van der Waals surface area contributed by atoms with Crippen molar-refractivity contribution < 1.29 is 13.9 Å². The summed E-state index contributed by atoms with van der Waals surface area (Å²) in [5.41, 5.74) is 6.68. The molecule has 1 saturated heterocycles. The number of amides is 1. The molecule has 1 aliphatic rings. The Labute approximate surface area is 265 Å². The molecule has 0 atom stereocenters. The lowest BCUT2D eigenvalue weighted by Crippen LogP contribution is -2.38. The van der Waals surface area contributed by atoms with Crippen LogP contribution in [0.3, 0.4) is 0 Å². The number of hydrogen-bond donors (Lipinski definition) is 4. The van der Waals surface area contributed by atoms with Gasteiger partial charge in [0.05, 0.1) is 29.3 Å². The zero-order valence-electron chi connectivity index (χ0n) is 24.2.